The van der Waals surface area contributed by atoms with E-state index in [-0.39, 0.29) is 0 Å². The van der Waals surface area contributed by atoms with Crippen molar-refractivity contribution < 1.29 is 10.2 Å². The Balaban J connectivity index is 1.96. The standard InChI is InChI=1S/C17H20N2/c1-3-7-15(8-4-1)17(16-9-5-2-6-10-16)19-13-11-18-12-14-19/h1-10,17-18H,11-14H2/p+2. The summed E-state index contributed by atoms with van der Waals surface area (Å²) in [7, 11) is 0. The molecule has 1 aliphatic heterocycles. The van der Waals surface area contributed by atoms with Gasteiger partial charge in [0.05, 0.1) is 0 Å². The minimum Gasteiger partial charge on any atom is -0.337 e. The van der Waals surface area contributed by atoms with Crippen LogP contribution in [0.25, 0.3) is 0 Å². The van der Waals surface area contributed by atoms with Crippen LogP contribution in [0.4, 0.5) is 0 Å². The van der Waals surface area contributed by atoms with Crippen molar-refractivity contribution in [2.45, 2.75) is 6.04 Å². The summed E-state index contributed by atoms with van der Waals surface area (Å²) in [5.74, 6) is 0. The number of nitrogens with one attached hydrogen (secondary N) is 1. The molecule has 0 bridgehead atoms. The summed E-state index contributed by atoms with van der Waals surface area (Å²) >= 11 is 0. The van der Waals surface area contributed by atoms with Gasteiger partial charge in [-0.2, -0.15) is 0 Å². The predicted octanol–water partition coefficient (Wildman–Crippen LogP) is 0.238. The molecule has 2 aromatic rings. The fraction of sp³-hybridized carbons (Fsp3) is 0.294. The van der Waals surface area contributed by atoms with Gasteiger partial charge < -0.3 is 10.2 Å². The monoisotopic (exact) mass is 254 g/mol. The molecule has 1 fully saturated rings. The number of benzene rings is 2. The SMILES string of the molecule is c1ccc(C(c2ccccc2)[NH+]2CC[NH2+]CC2)cc1. The van der Waals surface area contributed by atoms with Crippen LogP contribution in [0.3, 0.4) is 0 Å². The van der Waals surface area contributed by atoms with E-state index in [1.807, 2.05) is 0 Å². The molecule has 2 heteroatoms. The number of rotatable bonds is 3. The summed E-state index contributed by atoms with van der Waals surface area (Å²) in [6, 6.07) is 22.4. The molecule has 0 atom stereocenters. The Hall–Kier alpha value is -1.64. The van der Waals surface area contributed by atoms with Crippen molar-refractivity contribution in [1.29, 1.82) is 0 Å². The fourth-order valence-corrected chi connectivity index (χ4v) is 3.09. The van der Waals surface area contributed by atoms with Gasteiger partial charge >= 0.3 is 0 Å². The average molecular weight is 254 g/mol. The van der Waals surface area contributed by atoms with Crippen molar-refractivity contribution in [3.05, 3.63) is 71.8 Å². The third-order valence-electron chi connectivity index (χ3n) is 4.01. The van der Waals surface area contributed by atoms with Crippen molar-refractivity contribution in [2.24, 2.45) is 0 Å². The van der Waals surface area contributed by atoms with Crippen LogP contribution in [0.15, 0.2) is 60.7 Å². The first kappa shape index (κ1) is 12.4. The maximum atomic E-state index is 2.43. The molecular formula is C17H22N2+2. The van der Waals surface area contributed by atoms with Crippen LogP contribution in [-0.4, -0.2) is 26.2 Å². The molecule has 1 heterocycles. The Morgan fingerprint density at radius 2 is 1.21 bits per heavy atom. The van der Waals surface area contributed by atoms with E-state index in [1.54, 1.807) is 4.90 Å². The lowest BCUT2D eigenvalue weighted by atomic mass is 9.96. The zero-order valence-electron chi connectivity index (χ0n) is 11.3. The summed E-state index contributed by atoms with van der Waals surface area (Å²) in [5, 5.41) is 2.43. The number of quaternary nitrogens is 2. The van der Waals surface area contributed by atoms with Gasteiger partial charge in [0, 0.05) is 11.1 Å². The molecule has 3 N–H and O–H groups in total. The maximum Gasteiger partial charge on any atom is 0.139 e. The molecule has 0 aromatic heterocycles. The molecule has 2 aromatic carbocycles. The Bertz CT molecular complexity index is 450. The van der Waals surface area contributed by atoms with Crippen molar-refractivity contribution in [3.63, 3.8) is 0 Å². The molecule has 3 rings (SSSR count). The molecule has 0 unspecified atom stereocenters. The number of hydrogen-bond acceptors (Lipinski definition) is 0. The molecule has 0 amide bonds. The van der Waals surface area contributed by atoms with Gasteiger partial charge in [-0.25, -0.2) is 0 Å². The lowest BCUT2D eigenvalue weighted by molar-refractivity contribution is -0.967. The molecule has 0 saturated carbocycles. The van der Waals surface area contributed by atoms with Gasteiger partial charge in [-0.05, 0) is 0 Å². The van der Waals surface area contributed by atoms with Crippen molar-refractivity contribution in [2.75, 3.05) is 26.2 Å². The predicted molar refractivity (Wildman–Crippen MR) is 77.1 cm³/mol. The number of hydrogen-bond donors (Lipinski definition) is 2. The highest BCUT2D eigenvalue weighted by atomic mass is 15.2. The summed E-state index contributed by atoms with van der Waals surface area (Å²) in [6.07, 6.45) is 0. The normalized spacial score (nSPS) is 16.7. The quantitative estimate of drug-likeness (QED) is 0.783. The van der Waals surface area contributed by atoms with Crippen LogP contribution < -0.4 is 10.2 Å². The highest BCUT2D eigenvalue weighted by Gasteiger charge is 2.28. The minimum atomic E-state index is 0.482. The molecule has 98 valence electrons. The zero-order valence-corrected chi connectivity index (χ0v) is 11.3. The van der Waals surface area contributed by atoms with Gasteiger partial charge in [0.25, 0.3) is 0 Å². The topological polar surface area (TPSA) is 21.1 Å². The van der Waals surface area contributed by atoms with E-state index in [4.69, 9.17) is 0 Å². The molecule has 0 spiro atoms. The summed E-state index contributed by atoms with van der Waals surface area (Å²) < 4.78 is 0. The largest absolute Gasteiger partial charge is 0.337 e. The minimum absolute atomic E-state index is 0.482. The molecule has 2 nitrogen and oxygen atoms in total. The zero-order chi connectivity index (χ0) is 12.9. The van der Waals surface area contributed by atoms with E-state index < -0.39 is 0 Å². The molecular weight excluding hydrogens is 232 g/mol. The van der Waals surface area contributed by atoms with Gasteiger partial charge in [0.2, 0.25) is 0 Å². The van der Waals surface area contributed by atoms with Crippen molar-refractivity contribution in [1.82, 2.24) is 0 Å². The van der Waals surface area contributed by atoms with E-state index in [2.05, 4.69) is 66.0 Å². The fourth-order valence-electron chi connectivity index (χ4n) is 3.09. The van der Waals surface area contributed by atoms with E-state index in [0.29, 0.717) is 6.04 Å². The number of nitrogens with two attached hydrogens (primary N) is 1. The van der Waals surface area contributed by atoms with Crippen LogP contribution in [0.1, 0.15) is 17.2 Å². The smallest absolute Gasteiger partial charge is 0.139 e. The van der Waals surface area contributed by atoms with Crippen molar-refractivity contribution in [3.8, 4) is 0 Å². The first-order valence-electron chi connectivity index (χ1n) is 7.21. The van der Waals surface area contributed by atoms with Gasteiger partial charge in [-0.15, -0.1) is 0 Å². The third kappa shape index (κ3) is 2.86. The second kappa shape index (κ2) is 6.00. The Kier molecular flexibility index (Phi) is 3.92. The van der Waals surface area contributed by atoms with Crippen molar-refractivity contribution >= 4 is 0 Å². The van der Waals surface area contributed by atoms with Gasteiger partial charge in [0.15, 0.2) is 0 Å². The Morgan fingerprint density at radius 1 is 0.737 bits per heavy atom. The Labute approximate surface area is 115 Å². The van der Waals surface area contributed by atoms with Gasteiger partial charge in [0.1, 0.15) is 32.2 Å². The molecule has 0 aliphatic carbocycles. The van der Waals surface area contributed by atoms with Crippen LogP contribution in [0.5, 0.6) is 0 Å². The van der Waals surface area contributed by atoms with E-state index in [1.165, 1.54) is 37.3 Å². The van der Waals surface area contributed by atoms with E-state index in [9.17, 15) is 0 Å². The van der Waals surface area contributed by atoms with Crippen LogP contribution in [0.2, 0.25) is 0 Å². The molecule has 1 aliphatic rings. The third-order valence-corrected chi connectivity index (χ3v) is 4.01. The van der Waals surface area contributed by atoms with Crippen LogP contribution in [-0.2, 0) is 0 Å². The maximum absolute atomic E-state index is 2.43. The van der Waals surface area contributed by atoms with Gasteiger partial charge in [-0.1, -0.05) is 60.7 Å². The lowest BCUT2D eigenvalue weighted by Crippen LogP contribution is -3.20. The lowest BCUT2D eigenvalue weighted by Gasteiger charge is -2.31. The first-order chi connectivity index (χ1) is 9.45. The summed E-state index contributed by atoms with van der Waals surface area (Å²) in [5.41, 5.74) is 2.87. The highest BCUT2D eigenvalue weighted by molar-refractivity contribution is 5.29. The van der Waals surface area contributed by atoms with Gasteiger partial charge in [-0.3, -0.25) is 0 Å². The van der Waals surface area contributed by atoms with E-state index >= 15 is 0 Å². The van der Waals surface area contributed by atoms with Crippen LogP contribution >= 0.6 is 0 Å². The average Bonchev–Trinajstić information content (AvgIpc) is 2.51. The number of piperazine rings is 1. The summed E-state index contributed by atoms with van der Waals surface area (Å²) in [6.45, 7) is 4.97. The second-order valence-electron chi connectivity index (χ2n) is 5.28. The highest BCUT2D eigenvalue weighted by Crippen LogP contribution is 2.18. The van der Waals surface area contributed by atoms with Crippen LogP contribution in [0, 0.1) is 0 Å². The second-order valence-corrected chi connectivity index (χ2v) is 5.28. The Morgan fingerprint density at radius 3 is 1.68 bits per heavy atom. The molecule has 1 saturated heterocycles. The molecule has 0 radical (unpaired) electrons. The molecule has 19 heavy (non-hydrogen) atoms. The first-order valence-corrected chi connectivity index (χ1v) is 7.21. The van der Waals surface area contributed by atoms with E-state index in [0.717, 1.165) is 0 Å². The summed E-state index contributed by atoms with van der Waals surface area (Å²) in [4.78, 5) is 1.69.